The largest absolute Gasteiger partial charge is 0.508 e. The lowest BCUT2D eigenvalue weighted by Gasteiger charge is -2.11. The molecular weight excluding hydrogens is 200 g/mol. The van der Waals surface area contributed by atoms with Crippen LogP contribution in [-0.2, 0) is 6.42 Å². The maximum Gasteiger partial charge on any atom is 0.115 e. The molecule has 82 valence electrons. The van der Waals surface area contributed by atoms with E-state index in [0.717, 1.165) is 11.1 Å². The van der Waals surface area contributed by atoms with Gasteiger partial charge in [0, 0.05) is 6.42 Å². The van der Waals surface area contributed by atoms with Crippen LogP contribution in [0.15, 0.2) is 54.6 Å². The number of benzene rings is 2. The fourth-order valence-corrected chi connectivity index (χ4v) is 1.69. The van der Waals surface area contributed by atoms with Crippen molar-refractivity contribution in [2.24, 2.45) is 0 Å². The predicted molar refractivity (Wildman–Crippen MR) is 63.2 cm³/mol. The Morgan fingerprint density at radius 1 is 0.938 bits per heavy atom. The number of phenolic OH excluding ortho intramolecular Hbond substituents is 1. The molecule has 0 aliphatic carbocycles. The molecule has 2 rings (SSSR count). The molecule has 0 aromatic heterocycles. The first kappa shape index (κ1) is 10.7. The topological polar surface area (TPSA) is 40.5 Å². The molecule has 0 spiro atoms. The third-order valence-corrected chi connectivity index (χ3v) is 2.53. The van der Waals surface area contributed by atoms with E-state index in [1.807, 2.05) is 36.4 Å². The third kappa shape index (κ3) is 2.61. The molecule has 2 aromatic rings. The fraction of sp³-hybridized carbons (Fsp3) is 0.143. The van der Waals surface area contributed by atoms with Crippen LogP contribution in [0.4, 0.5) is 0 Å². The van der Waals surface area contributed by atoms with E-state index in [0.29, 0.717) is 6.42 Å². The maximum absolute atomic E-state index is 9.99. The Morgan fingerprint density at radius 2 is 1.69 bits per heavy atom. The molecule has 16 heavy (non-hydrogen) atoms. The average molecular weight is 214 g/mol. The highest BCUT2D eigenvalue weighted by Crippen LogP contribution is 2.21. The molecule has 0 unspecified atom stereocenters. The molecule has 1 atom stereocenters. The van der Waals surface area contributed by atoms with Gasteiger partial charge in [0.15, 0.2) is 0 Å². The first-order chi connectivity index (χ1) is 7.75. The molecule has 2 N–H and O–H groups in total. The summed E-state index contributed by atoms with van der Waals surface area (Å²) in [4.78, 5) is 0. The van der Waals surface area contributed by atoms with Gasteiger partial charge in [-0.2, -0.15) is 0 Å². The summed E-state index contributed by atoms with van der Waals surface area (Å²) in [6.45, 7) is 0. The molecule has 2 nitrogen and oxygen atoms in total. The van der Waals surface area contributed by atoms with Crippen molar-refractivity contribution < 1.29 is 10.2 Å². The van der Waals surface area contributed by atoms with Crippen molar-refractivity contribution >= 4 is 0 Å². The first-order valence-electron chi connectivity index (χ1n) is 5.26. The standard InChI is InChI=1S/C14H14O2/c15-13-8-4-7-12(10-13)14(16)9-11-5-2-1-3-6-11/h1-8,10,14-16H,9H2/t14-/m0/s1. The van der Waals surface area contributed by atoms with Crippen LogP contribution in [0, 0.1) is 0 Å². The second-order valence-corrected chi connectivity index (χ2v) is 3.80. The molecule has 0 radical (unpaired) electrons. The van der Waals surface area contributed by atoms with Crippen LogP contribution in [-0.4, -0.2) is 10.2 Å². The van der Waals surface area contributed by atoms with Crippen molar-refractivity contribution in [3.8, 4) is 5.75 Å². The molecule has 0 fully saturated rings. The van der Waals surface area contributed by atoms with E-state index in [-0.39, 0.29) is 5.75 Å². The van der Waals surface area contributed by atoms with Gasteiger partial charge in [0.1, 0.15) is 5.75 Å². The van der Waals surface area contributed by atoms with Crippen molar-refractivity contribution in [2.45, 2.75) is 12.5 Å². The van der Waals surface area contributed by atoms with Gasteiger partial charge in [-0.15, -0.1) is 0 Å². The molecule has 0 amide bonds. The van der Waals surface area contributed by atoms with E-state index in [1.54, 1.807) is 18.2 Å². The molecule has 2 heteroatoms. The Balaban J connectivity index is 2.12. The average Bonchev–Trinajstić information content (AvgIpc) is 2.30. The highest BCUT2D eigenvalue weighted by atomic mass is 16.3. The monoisotopic (exact) mass is 214 g/mol. The Hall–Kier alpha value is -1.80. The molecule has 0 heterocycles. The van der Waals surface area contributed by atoms with Crippen molar-refractivity contribution in [3.63, 3.8) is 0 Å². The van der Waals surface area contributed by atoms with Gasteiger partial charge < -0.3 is 10.2 Å². The first-order valence-corrected chi connectivity index (χ1v) is 5.26. The molecule has 0 aliphatic rings. The van der Waals surface area contributed by atoms with Gasteiger partial charge in [-0.1, -0.05) is 42.5 Å². The number of phenols is 1. The Kier molecular flexibility index (Phi) is 3.22. The van der Waals surface area contributed by atoms with Gasteiger partial charge in [0.05, 0.1) is 6.10 Å². The predicted octanol–water partition coefficient (Wildman–Crippen LogP) is 2.67. The van der Waals surface area contributed by atoms with Crippen LogP contribution in [0.2, 0.25) is 0 Å². The van der Waals surface area contributed by atoms with Crippen LogP contribution < -0.4 is 0 Å². The zero-order chi connectivity index (χ0) is 11.4. The summed E-state index contributed by atoms with van der Waals surface area (Å²) in [5.74, 6) is 0.185. The zero-order valence-corrected chi connectivity index (χ0v) is 8.88. The van der Waals surface area contributed by atoms with Crippen molar-refractivity contribution in [1.29, 1.82) is 0 Å². The maximum atomic E-state index is 9.99. The number of aromatic hydroxyl groups is 1. The van der Waals surface area contributed by atoms with Gasteiger partial charge >= 0.3 is 0 Å². The van der Waals surface area contributed by atoms with Crippen molar-refractivity contribution in [1.82, 2.24) is 0 Å². The lowest BCUT2D eigenvalue weighted by molar-refractivity contribution is 0.178. The summed E-state index contributed by atoms with van der Waals surface area (Å²) in [6, 6.07) is 16.5. The zero-order valence-electron chi connectivity index (χ0n) is 8.88. The molecule has 0 saturated heterocycles. The van der Waals surface area contributed by atoms with Crippen LogP contribution in [0.3, 0.4) is 0 Å². The minimum atomic E-state index is -0.575. The fourth-order valence-electron chi connectivity index (χ4n) is 1.69. The van der Waals surface area contributed by atoms with Gasteiger partial charge in [0.2, 0.25) is 0 Å². The highest BCUT2D eigenvalue weighted by molar-refractivity contribution is 5.29. The Morgan fingerprint density at radius 3 is 2.38 bits per heavy atom. The quantitative estimate of drug-likeness (QED) is 0.824. The van der Waals surface area contributed by atoms with Crippen molar-refractivity contribution in [2.75, 3.05) is 0 Å². The molecule has 0 aliphatic heterocycles. The minimum absolute atomic E-state index is 0.185. The number of rotatable bonds is 3. The van der Waals surface area contributed by atoms with Gasteiger partial charge in [0.25, 0.3) is 0 Å². The lowest BCUT2D eigenvalue weighted by Crippen LogP contribution is -2.01. The number of hydrogen-bond donors (Lipinski definition) is 2. The van der Waals surface area contributed by atoms with Crippen LogP contribution >= 0.6 is 0 Å². The van der Waals surface area contributed by atoms with Gasteiger partial charge in [-0.05, 0) is 23.3 Å². The van der Waals surface area contributed by atoms with E-state index in [1.165, 1.54) is 0 Å². The summed E-state index contributed by atoms with van der Waals surface area (Å²) in [5, 5.41) is 19.3. The minimum Gasteiger partial charge on any atom is -0.508 e. The summed E-state index contributed by atoms with van der Waals surface area (Å²) in [6.07, 6.45) is -0.0147. The number of aliphatic hydroxyl groups excluding tert-OH is 1. The van der Waals surface area contributed by atoms with E-state index in [9.17, 15) is 10.2 Å². The Labute approximate surface area is 94.8 Å². The van der Waals surface area contributed by atoms with E-state index in [2.05, 4.69) is 0 Å². The second kappa shape index (κ2) is 4.81. The highest BCUT2D eigenvalue weighted by Gasteiger charge is 2.08. The number of hydrogen-bond acceptors (Lipinski definition) is 2. The van der Waals surface area contributed by atoms with Crippen LogP contribution in [0.5, 0.6) is 5.75 Å². The summed E-state index contributed by atoms with van der Waals surface area (Å²) in [5.41, 5.74) is 1.82. The normalized spacial score (nSPS) is 12.3. The van der Waals surface area contributed by atoms with E-state index in [4.69, 9.17) is 0 Å². The molecule has 0 saturated carbocycles. The number of aliphatic hydroxyl groups is 1. The van der Waals surface area contributed by atoms with Gasteiger partial charge in [-0.25, -0.2) is 0 Å². The lowest BCUT2D eigenvalue weighted by atomic mass is 10.0. The molecule has 0 bridgehead atoms. The second-order valence-electron chi connectivity index (χ2n) is 3.80. The van der Waals surface area contributed by atoms with Crippen LogP contribution in [0.25, 0.3) is 0 Å². The van der Waals surface area contributed by atoms with Gasteiger partial charge in [-0.3, -0.25) is 0 Å². The van der Waals surface area contributed by atoms with E-state index >= 15 is 0 Å². The Bertz CT molecular complexity index is 451. The summed E-state index contributed by atoms with van der Waals surface area (Å²) < 4.78 is 0. The molecule has 2 aromatic carbocycles. The van der Waals surface area contributed by atoms with Crippen LogP contribution in [0.1, 0.15) is 17.2 Å². The SMILES string of the molecule is Oc1cccc([C@@H](O)Cc2ccccc2)c1. The third-order valence-electron chi connectivity index (χ3n) is 2.53. The summed E-state index contributed by atoms with van der Waals surface area (Å²) >= 11 is 0. The summed E-state index contributed by atoms with van der Waals surface area (Å²) in [7, 11) is 0. The molecular formula is C14H14O2. The van der Waals surface area contributed by atoms with Crippen molar-refractivity contribution in [3.05, 3.63) is 65.7 Å². The van der Waals surface area contributed by atoms with E-state index < -0.39 is 6.10 Å². The smallest absolute Gasteiger partial charge is 0.115 e.